The van der Waals surface area contributed by atoms with Gasteiger partial charge >= 0.3 is 0 Å². The van der Waals surface area contributed by atoms with Crippen LogP contribution in [-0.4, -0.2) is 22.9 Å². The van der Waals surface area contributed by atoms with Gasteiger partial charge in [0.25, 0.3) is 5.91 Å². The van der Waals surface area contributed by atoms with Crippen LogP contribution in [0.4, 0.5) is 17.3 Å². The van der Waals surface area contributed by atoms with E-state index in [0.29, 0.717) is 22.4 Å². The highest BCUT2D eigenvalue weighted by Gasteiger charge is 2.17. The first-order valence-corrected chi connectivity index (χ1v) is 8.95. The molecule has 138 valence electrons. The van der Waals surface area contributed by atoms with E-state index in [4.69, 9.17) is 11.6 Å². The normalized spacial score (nSPS) is 10.6. The standard InChI is InChI=1S/C21H21ClN4O/c1-13-10-14(2)19(17(22)11-13)25-21-23-15(3)12-18(24-21)20(27)26(4)16-8-6-5-7-9-16/h5-12H,1-4H3,(H,23,24,25). The summed E-state index contributed by atoms with van der Waals surface area (Å²) in [5.74, 6) is 0.134. The minimum Gasteiger partial charge on any atom is -0.323 e. The number of benzene rings is 2. The Morgan fingerprint density at radius 2 is 1.74 bits per heavy atom. The predicted octanol–water partition coefficient (Wildman–Crippen LogP) is 5.08. The van der Waals surface area contributed by atoms with Gasteiger partial charge in [0.05, 0.1) is 10.7 Å². The average molecular weight is 381 g/mol. The summed E-state index contributed by atoms with van der Waals surface area (Å²) in [5, 5.41) is 3.75. The van der Waals surface area contributed by atoms with Crippen molar-refractivity contribution in [2.75, 3.05) is 17.3 Å². The molecule has 0 aliphatic carbocycles. The number of amides is 1. The third kappa shape index (κ3) is 4.26. The number of aromatic nitrogens is 2. The molecule has 0 saturated heterocycles. The predicted molar refractivity (Wildman–Crippen MR) is 110 cm³/mol. The topological polar surface area (TPSA) is 58.1 Å². The number of para-hydroxylation sites is 1. The van der Waals surface area contributed by atoms with Crippen LogP contribution >= 0.6 is 11.6 Å². The van der Waals surface area contributed by atoms with E-state index in [1.54, 1.807) is 18.0 Å². The van der Waals surface area contributed by atoms with Gasteiger partial charge in [-0.3, -0.25) is 4.79 Å². The van der Waals surface area contributed by atoms with Gasteiger partial charge < -0.3 is 10.2 Å². The summed E-state index contributed by atoms with van der Waals surface area (Å²) in [4.78, 5) is 23.2. The zero-order valence-corrected chi connectivity index (χ0v) is 16.5. The van der Waals surface area contributed by atoms with Gasteiger partial charge in [0.1, 0.15) is 5.69 Å². The zero-order chi connectivity index (χ0) is 19.6. The van der Waals surface area contributed by atoms with E-state index in [-0.39, 0.29) is 5.91 Å². The molecule has 5 nitrogen and oxygen atoms in total. The molecule has 0 radical (unpaired) electrons. The van der Waals surface area contributed by atoms with Gasteiger partial charge in [-0.2, -0.15) is 0 Å². The first kappa shape index (κ1) is 18.9. The van der Waals surface area contributed by atoms with E-state index < -0.39 is 0 Å². The number of rotatable bonds is 4. The molecule has 0 fully saturated rings. The molecule has 0 atom stereocenters. The summed E-state index contributed by atoms with van der Waals surface area (Å²) in [5.41, 5.74) is 4.61. The molecule has 2 aromatic carbocycles. The van der Waals surface area contributed by atoms with Crippen molar-refractivity contribution >= 4 is 34.8 Å². The van der Waals surface area contributed by atoms with Crippen molar-refractivity contribution < 1.29 is 4.79 Å². The molecular weight excluding hydrogens is 360 g/mol. The lowest BCUT2D eigenvalue weighted by molar-refractivity contribution is 0.0988. The highest BCUT2D eigenvalue weighted by molar-refractivity contribution is 6.33. The number of carbonyl (C=O) groups is 1. The van der Waals surface area contributed by atoms with E-state index in [2.05, 4.69) is 15.3 Å². The molecule has 0 spiro atoms. The summed E-state index contributed by atoms with van der Waals surface area (Å²) in [6.07, 6.45) is 0. The Morgan fingerprint density at radius 3 is 2.41 bits per heavy atom. The summed E-state index contributed by atoms with van der Waals surface area (Å²) < 4.78 is 0. The van der Waals surface area contributed by atoms with Gasteiger partial charge in [-0.1, -0.05) is 35.9 Å². The Hall–Kier alpha value is -2.92. The summed E-state index contributed by atoms with van der Waals surface area (Å²) in [6.45, 7) is 5.78. The highest BCUT2D eigenvalue weighted by Crippen LogP contribution is 2.29. The van der Waals surface area contributed by atoms with Crippen molar-refractivity contribution in [3.63, 3.8) is 0 Å². The third-order valence-electron chi connectivity index (χ3n) is 4.19. The Kier molecular flexibility index (Phi) is 5.42. The van der Waals surface area contributed by atoms with E-state index in [0.717, 1.165) is 22.5 Å². The van der Waals surface area contributed by atoms with Crippen LogP contribution in [0.5, 0.6) is 0 Å². The van der Waals surface area contributed by atoms with Crippen molar-refractivity contribution in [1.29, 1.82) is 0 Å². The lowest BCUT2D eigenvalue weighted by Gasteiger charge is -2.18. The third-order valence-corrected chi connectivity index (χ3v) is 4.49. The molecule has 0 unspecified atom stereocenters. The molecule has 27 heavy (non-hydrogen) atoms. The minimum absolute atomic E-state index is 0.207. The van der Waals surface area contributed by atoms with Gasteiger partial charge in [0, 0.05) is 18.4 Å². The Labute approximate surface area is 164 Å². The van der Waals surface area contributed by atoms with Crippen molar-refractivity contribution in [1.82, 2.24) is 9.97 Å². The molecule has 0 aliphatic heterocycles. The van der Waals surface area contributed by atoms with Crippen LogP contribution in [0.25, 0.3) is 0 Å². The van der Waals surface area contributed by atoms with Gasteiger partial charge in [0.15, 0.2) is 0 Å². The number of halogens is 1. The number of nitrogens with zero attached hydrogens (tertiary/aromatic N) is 3. The number of nitrogens with one attached hydrogen (secondary N) is 1. The van der Waals surface area contributed by atoms with Crippen LogP contribution in [0.3, 0.4) is 0 Å². The average Bonchev–Trinajstić information content (AvgIpc) is 2.63. The molecular formula is C21H21ClN4O. The molecule has 1 N–H and O–H groups in total. The zero-order valence-electron chi connectivity index (χ0n) is 15.7. The summed E-state index contributed by atoms with van der Waals surface area (Å²) >= 11 is 6.36. The Bertz CT molecular complexity index is 966. The van der Waals surface area contributed by atoms with Gasteiger partial charge in [-0.25, -0.2) is 9.97 Å². The van der Waals surface area contributed by atoms with Crippen LogP contribution in [0.1, 0.15) is 27.3 Å². The van der Waals surface area contributed by atoms with Crippen molar-refractivity contribution in [3.8, 4) is 0 Å². The van der Waals surface area contributed by atoms with Crippen LogP contribution in [0, 0.1) is 20.8 Å². The molecule has 1 amide bonds. The second kappa shape index (κ2) is 7.76. The number of hydrogen-bond acceptors (Lipinski definition) is 4. The molecule has 0 aliphatic rings. The monoisotopic (exact) mass is 380 g/mol. The number of anilines is 3. The van der Waals surface area contributed by atoms with Crippen LogP contribution < -0.4 is 10.2 Å². The summed E-state index contributed by atoms with van der Waals surface area (Å²) in [7, 11) is 1.73. The smallest absolute Gasteiger partial charge is 0.276 e. The molecule has 1 aromatic heterocycles. The molecule has 0 saturated carbocycles. The highest BCUT2D eigenvalue weighted by atomic mass is 35.5. The van der Waals surface area contributed by atoms with Gasteiger partial charge in [-0.15, -0.1) is 0 Å². The van der Waals surface area contributed by atoms with E-state index in [1.807, 2.05) is 63.2 Å². The molecule has 6 heteroatoms. The first-order valence-electron chi connectivity index (χ1n) is 8.57. The quantitative estimate of drug-likeness (QED) is 0.686. The second-order valence-corrected chi connectivity index (χ2v) is 6.89. The molecule has 0 bridgehead atoms. The van der Waals surface area contributed by atoms with Gasteiger partial charge in [0.2, 0.25) is 5.95 Å². The lowest BCUT2D eigenvalue weighted by Crippen LogP contribution is -2.27. The number of aryl methyl sites for hydroxylation is 3. The SMILES string of the molecule is Cc1cc(C)c(Nc2nc(C)cc(C(=O)N(C)c3ccccc3)n2)c(Cl)c1. The maximum Gasteiger partial charge on any atom is 0.276 e. The maximum atomic E-state index is 12.9. The Balaban J connectivity index is 1.92. The lowest BCUT2D eigenvalue weighted by atomic mass is 10.1. The van der Waals surface area contributed by atoms with E-state index in [1.165, 1.54) is 0 Å². The maximum absolute atomic E-state index is 12.9. The number of hydrogen-bond donors (Lipinski definition) is 1. The van der Waals surface area contributed by atoms with Crippen molar-refractivity contribution in [2.24, 2.45) is 0 Å². The van der Waals surface area contributed by atoms with E-state index >= 15 is 0 Å². The first-order chi connectivity index (χ1) is 12.8. The molecule has 3 aromatic rings. The van der Waals surface area contributed by atoms with Gasteiger partial charge in [-0.05, 0) is 56.2 Å². The summed E-state index contributed by atoms with van der Waals surface area (Å²) in [6, 6.07) is 15.0. The fourth-order valence-corrected chi connectivity index (χ4v) is 3.23. The van der Waals surface area contributed by atoms with Crippen LogP contribution in [0.2, 0.25) is 5.02 Å². The number of carbonyl (C=O) groups excluding carboxylic acids is 1. The van der Waals surface area contributed by atoms with Crippen molar-refractivity contribution in [3.05, 3.63) is 76.1 Å². The Morgan fingerprint density at radius 1 is 1.04 bits per heavy atom. The van der Waals surface area contributed by atoms with Crippen molar-refractivity contribution in [2.45, 2.75) is 20.8 Å². The van der Waals surface area contributed by atoms with E-state index in [9.17, 15) is 4.79 Å². The largest absolute Gasteiger partial charge is 0.323 e. The molecule has 3 rings (SSSR count). The van der Waals surface area contributed by atoms with Crippen LogP contribution in [0.15, 0.2) is 48.5 Å². The molecule has 1 heterocycles. The minimum atomic E-state index is -0.207. The fourth-order valence-electron chi connectivity index (χ4n) is 2.86. The van der Waals surface area contributed by atoms with Crippen LogP contribution in [-0.2, 0) is 0 Å². The second-order valence-electron chi connectivity index (χ2n) is 6.48. The fraction of sp³-hybridized carbons (Fsp3) is 0.190.